The Bertz CT molecular complexity index is 629. The van der Waals surface area contributed by atoms with Gasteiger partial charge in [0, 0.05) is 24.9 Å². The lowest BCUT2D eigenvalue weighted by Crippen LogP contribution is -2.04. The first kappa shape index (κ1) is 14.1. The van der Waals surface area contributed by atoms with Crippen LogP contribution in [0.1, 0.15) is 22.3 Å². The van der Waals surface area contributed by atoms with Gasteiger partial charge in [-0.3, -0.25) is 0 Å². The Hall–Kier alpha value is -2.31. The Morgan fingerprint density at radius 2 is 1.95 bits per heavy atom. The lowest BCUT2D eigenvalue weighted by atomic mass is 10.1. The smallest absolute Gasteiger partial charge is 0.0991 e. The zero-order chi connectivity index (χ0) is 14.4. The van der Waals surface area contributed by atoms with Crippen LogP contribution in [0.5, 0.6) is 0 Å². The van der Waals surface area contributed by atoms with E-state index in [2.05, 4.69) is 17.5 Å². The average molecular weight is 266 g/mol. The molecule has 0 saturated heterocycles. The number of nitrogens with zero attached hydrogens (tertiary/aromatic N) is 1. The molecule has 2 aromatic carbocycles. The molecular weight excluding hydrogens is 248 g/mol. The molecule has 0 bridgehead atoms. The second-order valence-electron chi connectivity index (χ2n) is 4.70. The van der Waals surface area contributed by atoms with E-state index in [1.54, 1.807) is 7.11 Å². The molecule has 0 radical (unpaired) electrons. The first-order valence-electron chi connectivity index (χ1n) is 6.55. The molecule has 0 aromatic heterocycles. The van der Waals surface area contributed by atoms with Crippen LogP contribution >= 0.6 is 0 Å². The highest BCUT2D eigenvalue weighted by atomic mass is 16.5. The molecule has 2 rings (SSSR count). The summed E-state index contributed by atoms with van der Waals surface area (Å²) in [6.45, 7) is 3.35. The second kappa shape index (κ2) is 6.74. The third kappa shape index (κ3) is 3.37. The average Bonchev–Trinajstić information content (AvgIpc) is 2.47. The summed E-state index contributed by atoms with van der Waals surface area (Å²) in [6.07, 6.45) is 0. The van der Waals surface area contributed by atoms with E-state index in [0.717, 1.165) is 23.4 Å². The van der Waals surface area contributed by atoms with E-state index in [4.69, 9.17) is 10.00 Å². The molecule has 0 atom stereocenters. The topological polar surface area (TPSA) is 45.0 Å². The molecule has 20 heavy (non-hydrogen) atoms. The number of benzene rings is 2. The molecule has 3 nitrogen and oxygen atoms in total. The van der Waals surface area contributed by atoms with Crippen molar-refractivity contribution in [3.05, 3.63) is 64.7 Å². The van der Waals surface area contributed by atoms with Crippen LogP contribution in [0.3, 0.4) is 0 Å². The Kier molecular flexibility index (Phi) is 4.75. The Morgan fingerprint density at radius 3 is 2.65 bits per heavy atom. The van der Waals surface area contributed by atoms with Crippen molar-refractivity contribution >= 4 is 5.69 Å². The van der Waals surface area contributed by atoms with Crippen molar-refractivity contribution in [1.29, 1.82) is 5.26 Å². The highest BCUT2D eigenvalue weighted by Gasteiger charge is 2.03. The summed E-state index contributed by atoms with van der Waals surface area (Å²) in [5.74, 6) is 0. The van der Waals surface area contributed by atoms with Crippen LogP contribution in [-0.4, -0.2) is 7.11 Å². The molecule has 1 N–H and O–H groups in total. The highest BCUT2D eigenvalue weighted by molar-refractivity contribution is 5.51. The summed E-state index contributed by atoms with van der Waals surface area (Å²) >= 11 is 0. The van der Waals surface area contributed by atoms with Gasteiger partial charge in [0.2, 0.25) is 0 Å². The summed E-state index contributed by atoms with van der Waals surface area (Å²) in [5.41, 5.74) is 5.24. The van der Waals surface area contributed by atoms with Crippen molar-refractivity contribution in [3.8, 4) is 6.07 Å². The molecule has 0 unspecified atom stereocenters. The second-order valence-corrected chi connectivity index (χ2v) is 4.70. The maximum Gasteiger partial charge on any atom is 0.0991 e. The summed E-state index contributed by atoms with van der Waals surface area (Å²) in [4.78, 5) is 0. The third-order valence-corrected chi connectivity index (χ3v) is 3.26. The van der Waals surface area contributed by atoms with Gasteiger partial charge in [0.25, 0.3) is 0 Å². The van der Waals surface area contributed by atoms with Crippen molar-refractivity contribution < 1.29 is 4.74 Å². The Balaban J connectivity index is 2.11. The molecule has 2 aromatic rings. The first-order chi connectivity index (χ1) is 9.74. The van der Waals surface area contributed by atoms with Gasteiger partial charge in [-0.2, -0.15) is 5.26 Å². The van der Waals surface area contributed by atoms with Crippen LogP contribution in [0.25, 0.3) is 0 Å². The Labute approximate surface area is 119 Å². The minimum absolute atomic E-state index is 0.593. The number of rotatable bonds is 5. The van der Waals surface area contributed by atoms with E-state index in [9.17, 15) is 0 Å². The monoisotopic (exact) mass is 266 g/mol. The van der Waals surface area contributed by atoms with E-state index in [1.165, 1.54) is 5.56 Å². The van der Waals surface area contributed by atoms with Gasteiger partial charge in [-0.05, 0) is 36.2 Å². The van der Waals surface area contributed by atoms with E-state index >= 15 is 0 Å². The molecule has 0 aliphatic carbocycles. The molecule has 3 heteroatoms. The standard InChI is InChI=1S/C17H18N2O/c1-13-9-14(10-18)7-8-15(13)11-19-17-6-4-3-5-16(17)12-20-2/h3-9,19H,11-12H2,1-2H3. The summed E-state index contributed by atoms with van der Waals surface area (Å²) in [7, 11) is 1.70. The van der Waals surface area contributed by atoms with E-state index < -0.39 is 0 Å². The molecule has 0 saturated carbocycles. The fraction of sp³-hybridized carbons (Fsp3) is 0.235. The summed E-state index contributed by atoms with van der Waals surface area (Å²) < 4.78 is 5.20. The van der Waals surface area contributed by atoms with Gasteiger partial charge in [-0.25, -0.2) is 0 Å². The fourth-order valence-corrected chi connectivity index (χ4v) is 2.13. The Morgan fingerprint density at radius 1 is 1.15 bits per heavy atom. The number of hydrogen-bond acceptors (Lipinski definition) is 3. The van der Waals surface area contributed by atoms with Crippen molar-refractivity contribution in [2.75, 3.05) is 12.4 Å². The van der Waals surface area contributed by atoms with Gasteiger partial charge < -0.3 is 10.1 Å². The van der Waals surface area contributed by atoms with Crippen LogP contribution in [0.2, 0.25) is 0 Å². The minimum atomic E-state index is 0.593. The number of hydrogen-bond donors (Lipinski definition) is 1. The predicted octanol–water partition coefficient (Wildman–Crippen LogP) is 3.63. The van der Waals surface area contributed by atoms with Gasteiger partial charge in [0.1, 0.15) is 0 Å². The van der Waals surface area contributed by atoms with Crippen molar-refractivity contribution in [2.24, 2.45) is 0 Å². The molecule has 0 fully saturated rings. The van der Waals surface area contributed by atoms with Crippen LogP contribution in [0, 0.1) is 18.3 Å². The van der Waals surface area contributed by atoms with Crippen molar-refractivity contribution in [1.82, 2.24) is 0 Å². The van der Waals surface area contributed by atoms with Crippen LogP contribution in [0.4, 0.5) is 5.69 Å². The molecular formula is C17H18N2O. The molecule has 0 aliphatic rings. The van der Waals surface area contributed by atoms with Gasteiger partial charge in [0.15, 0.2) is 0 Å². The van der Waals surface area contributed by atoms with E-state index in [1.807, 2.05) is 43.3 Å². The lowest BCUT2D eigenvalue weighted by molar-refractivity contribution is 0.185. The van der Waals surface area contributed by atoms with Crippen molar-refractivity contribution in [3.63, 3.8) is 0 Å². The number of nitriles is 1. The zero-order valence-corrected chi connectivity index (χ0v) is 11.8. The van der Waals surface area contributed by atoms with E-state index in [0.29, 0.717) is 12.2 Å². The number of methoxy groups -OCH3 is 1. The van der Waals surface area contributed by atoms with Crippen LogP contribution < -0.4 is 5.32 Å². The van der Waals surface area contributed by atoms with Crippen LogP contribution in [0.15, 0.2) is 42.5 Å². The third-order valence-electron chi connectivity index (χ3n) is 3.26. The quantitative estimate of drug-likeness (QED) is 0.899. The van der Waals surface area contributed by atoms with Crippen LogP contribution in [-0.2, 0) is 17.9 Å². The number of aryl methyl sites for hydroxylation is 1. The zero-order valence-electron chi connectivity index (χ0n) is 11.8. The van der Waals surface area contributed by atoms with Crippen molar-refractivity contribution in [2.45, 2.75) is 20.1 Å². The largest absolute Gasteiger partial charge is 0.381 e. The maximum absolute atomic E-state index is 8.88. The molecule has 0 spiro atoms. The highest BCUT2D eigenvalue weighted by Crippen LogP contribution is 2.18. The summed E-state index contributed by atoms with van der Waals surface area (Å²) in [6, 6.07) is 16.0. The normalized spacial score (nSPS) is 10.1. The first-order valence-corrected chi connectivity index (χ1v) is 6.55. The van der Waals surface area contributed by atoms with Gasteiger partial charge in [0.05, 0.1) is 18.2 Å². The SMILES string of the molecule is COCc1ccccc1NCc1ccc(C#N)cc1C. The molecule has 0 amide bonds. The number of para-hydroxylation sites is 1. The van der Waals surface area contributed by atoms with Gasteiger partial charge >= 0.3 is 0 Å². The molecule has 102 valence electrons. The fourth-order valence-electron chi connectivity index (χ4n) is 2.13. The summed E-state index contributed by atoms with van der Waals surface area (Å²) in [5, 5.41) is 12.3. The van der Waals surface area contributed by atoms with Gasteiger partial charge in [-0.15, -0.1) is 0 Å². The minimum Gasteiger partial charge on any atom is -0.381 e. The van der Waals surface area contributed by atoms with Gasteiger partial charge in [-0.1, -0.05) is 24.3 Å². The number of anilines is 1. The number of nitrogens with one attached hydrogen (secondary N) is 1. The molecule has 0 heterocycles. The maximum atomic E-state index is 8.88. The van der Waals surface area contributed by atoms with E-state index in [-0.39, 0.29) is 0 Å². The predicted molar refractivity (Wildman–Crippen MR) is 80.4 cm³/mol. The lowest BCUT2D eigenvalue weighted by Gasteiger charge is -2.13. The number of ether oxygens (including phenoxy) is 1. The molecule has 0 aliphatic heterocycles.